The number of pyridine rings is 1. The molecule has 0 aliphatic carbocycles. The molecule has 1 fully saturated rings. The summed E-state index contributed by atoms with van der Waals surface area (Å²) in [4.78, 5) is 18.8. The van der Waals surface area contributed by atoms with Crippen molar-refractivity contribution in [3.8, 4) is 5.75 Å². The first-order valence-electron chi connectivity index (χ1n) is 9.63. The molecule has 1 N–H and O–H groups in total. The molecule has 0 radical (unpaired) electrons. The molecule has 0 bridgehead atoms. The van der Waals surface area contributed by atoms with Crippen molar-refractivity contribution in [2.75, 3.05) is 6.54 Å². The number of hydrogen-bond donors (Lipinski definition) is 1. The molecule has 6 nitrogen and oxygen atoms in total. The van der Waals surface area contributed by atoms with Gasteiger partial charge in [-0.3, -0.25) is 9.78 Å². The standard InChI is InChI=1S/C22H19F2N3O3/c1-22(7-2-3-8-26-22)27-12-13(10-18(27)28)14-4-5-17(30-21(23)24)20-19(14)15-11-25-9-6-16(15)29-20/h2-9,11,13,21,26H,10,12H2,1H3. The Morgan fingerprint density at radius 3 is 2.97 bits per heavy atom. The van der Waals surface area contributed by atoms with Crippen LogP contribution in [0, 0.1) is 0 Å². The molecule has 1 saturated heterocycles. The Hall–Kier alpha value is -3.42. The number of alkyl halides is 2. The van der Waals surface area contributed by atoms with E-state index in [1.807, 2.05) is 31.4 Å². The largest absolute Gasteiger partial charge is 0.452 e. The van der Waals surface area contributed by atoms with Crippen molar-refractivity contribution in [2.45, 2.75) is 31.5 Å². The van der Waals surface area contributed by atoms with E-state index in [1.165, 1.54) is 6.07 Å². The number of allylic oxidation sites excluding steroid dienone is 2. The van der Waals surface area contributed by atoms with Gasteiger partial charge in [0, 0.05) is 42.0 Å². The maximum absolute atomic E-state index is 12.9. The van der Waals surface area contributed by atoms with Crippen molar-refractivity contribution in [2.24, 2.45) is 0 Å². The lowest BCUT2D eigenvalue weighted by atomic mass is 9.93. The molecule has 2 aliphatic heterocycles. The third-order valence-electron chi connectivity index (χ3n) is 5.76. The molecule has 1 amide bonds. The van der Waals surface area contributed by atoms with Crippen LogP contribution < -0.4 is 10.1 Å². The quantitative estimate of drug-likeness (QED) is 0.694. The van der Waals surface area contributed by atoms with Gasteiger partial charge in [0.15, 0.2) is 11.3 Å². The molecule has 1 aromatic carbocycles. The van der Waals surface area contributed by atoms with E-state index in [1.54, 1.807) is 29.4 Å². The number of amides is 1. The molecule has 2 atom stereocenters. The zero-order chi connectivity index (χ0) is 20.9. The number of benzene rings is 1. The highest BCUT2D eigenvalue weighted by Crippen LogP contribution is 2.43. The fraction of sp³-hybridized carbons (Fsp3) is 0.273. The Morgan fingerprint density at radius 2 is 2.20 bits per heavy atom. The van der Waals surface area contributed by atoms with Gasteiger partial charge in [0.2, 0.25) is 5.91 Å². The van der Waals surface area contributed by atoms with Gasteiger partial charge in [-0.2, -0.15) is 8.78 Å². The molecule has 4 heterocycles. The number of likely N-dealkylation sites (tertiary alicyclic amines) is 1. The molecule has 2 aromatic heterocycles. The first-order valence-corrected chi connectivity index (χ1v) is 9.63. The van der Waals surface area contributed by atoms with Crippen molar-refractivity contribution in [3.05, 3.63) is 60.6 Å². The summed E-state index contributed by atoms with van der Waals surface area (Å²) in [6.07, 6.45) is 11.1. The summed E-state index contributed by atoms with van der Waals surface area (Å²) in [5.41, 5.74) is 1.01. The zero-order valence-corrected chi connectivity index (χ0v) is 16.1. The second kappa shape index (κ2) is 6.83. The third kappa shape index (κ3) is 2.91. The SMILES string of the molecule is CC1(N2CC(c3ccc(OC(F)F)c4oc5ccncc5c34)CC2=O)C=CC=CN1. The average molecular weight is 411 g/mol. The van der Waals surface area contributed by atoms with Gasteiger partial charge in [-0.15, -0.1) is 0 Å². The molecule has 2 unspecified atom stereocenters. The summed E-state index contributed by atoms with van der Waals surface area (Å²) in [6.45, 7) is -0.539. The highest BCUT2D eigenvalue weighted by Gasteiger charge is 2.41. The van der Waals surface area contributed by atoms with E-state index >= 15 is 0 Å². The molecule has 2 aliphatic rings. The number of rotatable bonds is 4. The predicted octanol–water partition coefficient (Wildman–Crippen LogP) is 4.29. The minimum Gasteiger partial charge on any atom is -0.452 e. The van der Waals surface area contributed by atoms with Crippen molar-refractivity contribution in [1.29, 1.82) is 0 Å². The lowest BCUT2D eigenvalue weighted by Crippen LogP contribution is -2.54. The van der Waals surface area contributed by atoms with Crippen LogP contribution in [0.25, 0.3) is 21.9 Å². The van der Waals surface area contributed by atoms with Crippen LogP contribution in [-0.4, -0.2) is 34.6 Å². The molecule has 0 spiro atoms. The summed E-state index contributed by atoms with van der Waals surface area (Å²) in [7, 11) is 0. The predicted molar refractivity (Wildman–Crippen MR) is 107 cm³/mol. The lowest BCUT2D eigenvalue weighted by molar-refractivity contribution is -0.131. The van der Waals surface area contributed by atoms with Crippen molar-refractivity contribution in [1.82, 2.24) is 15.2 Å². The van der Waals surface area contributed by atoms with E-state index in [-0.39, 0.29) is 23.2 Å². The normalized spacial score (nSPS) is 23.7. The number of fused-ring (bicyclic) bond motifs is 3. The van der Waals surface area contributed by atoms with Crippen LogP contribution in [-0.2, 0) is 4.79 Å². The smallest absolute Gasteiger partial charge is 0.387 e. The molecule has 8 heteroatoms. The van der Waals surface area contributed by atoms with E-state index in [0.717, 1.165) is 5.56 Å². The highest BCUT2D eigenvalue weighted by atomic mass is 19.3. The summed E-state index contributed by atoms with van der Waals surface area (Å²) < 4.78 is 36.3. The lowest BCUT2D eigenvalue weighted by Gasteiger charge is -2.38. The average Bonchev–Trinajstić information content (AvgIpc) is 3.30. The number of ether oxygens (including phenoxy) is 1. The Labute approximate surface area is 170 Å². The Kier molecular flexibility index (Phi) is 4.23. The third-order valence-corrected chi connectivity index (χ3v) is 5.76. The molecule has 5 rings (SSSR count). The molecule has 154 valence electrons. The summed E-state index contributed by atoms with van der Waals surface area (Å²) in [6, 6.07) is 4.91. The Balaban J connectivity index is 1.60. The molecule has 3 aromatic rings. The number of carbonyl (C=O) groups excluding carboxylic acids is 1. The van der Waals surface area contributed by atoms with Gasteiger partial charge in [-0.25, -0.2) is 0 Å². The maximum atomic E-state index is 12.9. The van der Waals surface area contributed by atoms with Crippen molar-refractivity contribution in [3.63, 3.8) is 0 Å². The van der Waals surface area contributed by atoms with Gasteiger partial charge in [0.05, 0.1) is 0 Å². The summed E-state index contributed by atoms with van der Waals surface area (Å²) in [5, 5.41) is 4.60. The van der Waals surface area contributed by atoms with Crippen LogP contribution in [0.4, 0.5) is 8.78 Å². The number of nitrogens with one attached hydrogen (secondary N) is 1. The fourth-order valence-electron chi connectivity index (χ4n) is 4.35. The van der Waals surface area contributed by atoms with Crippen LogP contribution >= 0.6 is 0 Å². The minimum atomic E-state index is -2.97. The van der Waals surface area contributed by atoms with E-state index in [9.17, 15) is 13.6 Å². The molecular formula is C22H19F2N3O3. The van der Waals surface area contributed by atoms with Crippen LogP contribution in [0.1, 0.15) is 24.8 Å². The van der Waals surface area contributed by atoms with Gasteiger partial charge in [-0.1, -0.05) is 12.1 Å². The second-order valence-corrected chi connectivity index (χ2v) is 7.62. The summed E-state index contributed by atoms with van der Waals surface area (Å²) in [5.74, 6) is -0.142. The topological polar surface area (TPSA) is 67.6 Å². The number of nitrogens with zero attached hydrogens (tertiary/aromatic N) is 2. The number of hydrogen-bond acceptors (Lipinski definition) is 5. The van der Waals surface area contributed by atoms with E-state index in [4.69, 9.17) is 4.42 Å². The molecule has 30 heavy (non-hydrogen) atoms. The number of carbonyl (C=O) groups is 1. The van der Waals surface area contributed by atoms with E-state index < -0.39 is 12.3 Å². The van der Waals surface area contributed by atoms with E-state index in [0.29, 0.717) is 29.3 Å². The van der Waals surface area contributed by atoms with Crippen molar-refractivity contribution < 1.29 is 22.7 Å². The van der Waals surface area contributed by atoms with Crippen LogP contribution in [0.3, 0.4) is 0 Å². The Morgan fingerprint density at radius 1 is 1.33 bits per heavy atom. The molecular weight excluding hydrogens is 392 g/mol. The highest BCUT2D eigenvalue weighted by molar-refractivity contribution is 6.08. The van der Waals surface area contributed by atoms with E-state index in [2.05, 4.69) is 15.0 Å². The van der Waals surface area contributed by atoms with Gasteiger partial charge in [0.1, 0.15) is 11.2 Å². The molecule has 0 saturated carbocycles. The minimum absolute atomic E-state index is 0.0157. The van der Waals surface area contributed by atoms with Gasteiger partial charge in [-0.05, 0) is 43.0 Å². The number of aromatic nitrogens is 1. The first-order chi connectivity index (χ1) is 14.5. The second-order valence-electron chi connectivity index (χ2n) is 7.62. The number of halogens is 2. The van der Waals surface area contributed by atoms with Gasteiger partial charge in [0.25, 0.3) is 0 Å². The number of furan rings is 1. The van der Waals surface area contributed by atoms with Crippen LogP contribution in [0.2, 0.25) is 0 Å². The fourth-order valence-corrected chi connectivity index (χ4v) is 4.35. The van der Waals surface area contributed by atoms with Crippen LogP contribution in [0.15, 0.2) is 59.4 Å². The summed E-state index contributed by atoms with van der Waals surface area (Å²) >= 11 is 0. The van der Waals surface area contributed by atoms with Gasteiger partial charge >= 0.3 is 6.61 Å². The first kappa shape index (κ1) is 18.6. The zero-order valence-electron chi connectivity index (χ0n) is 16.1. The monoisotopic (exact) mass is 411 g/mol. The Bertz CT molecular complexity index is 1200. The maximum Gasteiger partial charge on any atom is 0.387 e. The number of dihydropyridines is 1. The van der Waals surface area contributed by atoms with Crippen molar-refractivity contribution >= 4 is 27.8 Å². The van der Waals surface area contributed by atoms with Crippen LogP contribution in [0.5, 0.6) is 5.75 Å². The van der Waals surface area contributed by atoms with Gasteiger partial charge < -0.3 is 19.4 Å².